The largest absolute Gasteiger partial charge is 0.442 e. The zero-order chi connectivity index (χ0) is 24.6. The number of rotatable bonds is 5. The summed E-state index contributed by atoms with van der Waals surface area (Å²) in [5, 5.41) is 6.53. The van der Waals surface area contributed by atoms with Crippen molar-refractivity contribution < 1.29 is 17.6 Å². The number of aryl methyl sites for hydroxylation is 2. The maximum absolute atomic E-state index is 13.3. The van der Waals surface area contributed by atoms with E-state index in [0.717, 1.165) is 13.1 Å². The number of aromatic amines is 1. The minimum Gasteiger partial charge on any atom is -0.442 e. The van der Waals surface area contributed by atoms with Gasteiger partial charge < -0.3 is 14.2 Å². The first-order valence-corrected chi connectivity index (χ1v) is 13.5. The lowest BCUT2D eigenvalue weighted by Crippen LogP contribution is -2.53. The van der Waals surface area contributed by atoms with Gasteiger partial charge in [-0.1, -0.05) is 12.1 Å². The van der Waals surface area contributed by atoms with Crippen molar-refractivity contribution in [2.75, 3.05) is 44.2 Å². The highest BCUT2D eigenvalue weighted by molar-refractivity contribution is 7.89. The SMILES string of the molecule is Cc1ccc(C)c(N2CCN(C(=O)[C@H]3CCCN(S(=O)(=O)c4ccc(-c5ccn[nH]5)o4)C3)CC2)c1. The van der Waals surface area contributed by atoms with Crippen LogP contribution in [-0.2, 0) is 14.8 Å². The highest BCUT2D eigenvalue weighted by Crippen LogP contribution is 2.29. The molecule has 4 heterocycles. The average molecular weight is 498 g/mol. The first-order valence-electron chi connectivity index (χ1n) is 12.0. The third-order valence-corrected chi connectivity index (χ3v) is 8.71. The molecule has 2 aliphatic rings. The molecule has 5 rings (SSSR count). The van der Waals surface area contributed by atoms with Gasteiger partial charge in [0, 0.05) is 51.2 Å². The predicted molar refractivity (Wildman–Crippen MR) is 132 cm³/mol. The Morgan fingerprint density at radius 3 is 2.60 bits per heavy atom. The third kappa shape index (κ3) is 4.72. The predicted octanol–water partition coefficient (Wildman–Crippen LogP) is 3.04. The fourth-order valence-electron chi connectivity index (χ4n) is 4.97. The number of nitrogens with zero attached hydrogens (tertiary/aromatic N) is 4. The van der Waals surface area contributed by atoms with Gasteiger partial charge in [-0.2, -0.15) is 9.40 Å². The Balaban J connectivity index is 1.23. The van der Waals surface area contributed by atoms with Crippen molar-refractivity contribution in [1.82, 2.24) is 19.4 Å². The maximum atomic E-state index is 13.3. The molecule has 1 N–H and O–H groups in total. The van der Waals surface area contributed by atoms with Crippen molar-refractivity contribution in [2.24, 2.45) is 5.92 Å². The Morgan fingerprint density at radius 2 is 1.86 bits per heavy atom. The number of amides is 1. The number of nitrogens with one attached hydrogen (secondary N) is 1. The smallest absolute Gasteiger partial charge is 0.276 e. The molecule has 186 valence electrons. The average Bonchev–Trinajstić information content (AvgIpc) is 3.58. The standard InChI is InChI=1S/C25H31N5O4S/c1-18-5-6-19(2)22(16-18)28-12-14-29(15-13-28)25(31)20-4-3-11-30(17-20)35(32,33)24-8-7-23(34-24)21-9-10-26-27-21/h5-10,16,20H,3-4,11-15,17H2,1-2H3,(H,26,27)/t20-/m0/s1. The molecule has 0 radical (unpaired) electrons. The van der Waals surface area contributed by atoms with E-state index in [-0.39, 0.29) is 23.5 Å². The zero-order valence-corrected chi connectivity index (χ0v) is 20.9. The Morgan fingerprint density at radius 1 is 1.06 bits per heavy atom. The van der Waals surface area contributed by atoms with Crippen LogP contribution in [0.5, 0.6) is 0 Å². The molecule has 3 aromatic rings. The number of benzene rings is 1. The molecule has 1 amide bonds. The molecule has 0 aliphatic carbocycles. The fraction of sp³-hybridized carbons (Fsp3) is 0.440. The highest BCUT2D eigenvalue weighted by atomic mass is 32.2. The summed E-state index contributed by atoms with van der Waals surface area (Å²) in [7, 11) is -3.83. The lowest BCUT2D eigenvalue weighted by atomic mass is 9.97. The van der Waals surface area contributed by atoms with E-state index in [1.165, 1.54) is 27.2 Å². The Labute approximate surface area is 205 Å². The van der Waals surface area contributed by atoms with E-state index >= 15 is 0 Å². The number of sulfonamides is 1. The van der Waals surface area contributed by atoms with E-state index in [9.17, 15) is 13.2 Å². The van der Waals surface area contributed by atoms with E-state index < -0.39 is 10.0 Å². The maximum Gasteiger partial charge on any atom is 0.276 e. The van der Waals surface area contributed by atoms with E-state index in [2.05, 4.69) is 47.1 Å². The van der Waals surface area contributed by atoms with Crippen LogP contribution in [0.15, 0.2) is 52.1 Å². The summed E-state index contributed by atoms with van der Waals surface area (Å²) in [6.45, 7) is 7.58. The van der Waals surface area contributed by atoms with Crippen molar-refractivity contribution in [3.63, 3.8) is 0 Å². The van der Waals surface area contributed by atoms with E-state index in [1.807, 2.05) is 4.90 Å². The number of piperazine rings is 1. The molecule has 10 heteroatoms. The molecule has 1 aromatic carbocycles. The summed E-state index contributed by atoms with van der Waals surface area (Å²) in [4.78, 5) is 17.6. The Bertz CT molecular complexity index is 1290. The van der Waals surface area contributed by atoms with Crippen LogP contribution in [0.2, 0.25) is 0 Å². The van der Waals surface area contributed by atoms with Gasteiger partial charge in [0.2, 0.25) is 11.0 Å². The normalized spacial score (nSPS) is 19.8. The second-order valence-corrected chi connectivity index (χ2v) is 11.3. The van der Waals surface area contributed by atoms with Crippen molar-refractivity contribution in [3.05, 3.63) is 53.7 Å². The number of hydrogen-bond donors (Lipinski definition) is 1. The first kappa shape index (κ1) is 23.6. The van der Waals surface area contributed by atoms with Crippen LogP contribution >= 0.6 is 0 Å². The van der Waals surface area contributed by atoms with Gasteiger partial charge in [-0.05, 0) is 62.1 Å². The number of aromatic nitrogens is 2. The summed E-state index contributed by atoms with van der Waals surface area (Å²) in [6.07, 6.45) is 2.92. The van der Waals surface area contributed by atoms with Gasteiger partial charge >= 0.3 is 0 Å². The molecular weight excluding hydrogens is 466 g/mol. The minimum atomic E-state index is -3.83. The highest BCUT2D eigenvalue weighted by Gasteiger charge is 2.37. The van der Waals surface area contributed by atoms with Gasteiger partial charge in [-0.3, -0.25) is 9.89 Å². The van der Waals surface area contributed by atoms with Crippen LogP contribution in [0.25, 0.3) is 11.5 Å². The topological polar surface area (TPSA) is 103 Å². The van der Waals surface area contributed by atoms with Crippen LogP contribution in [-0.4, -0.2) is 73.0 Å². The molecule has 0 saturated carbocycles. The summed E-state index contributed by atoms with van der Waals surface area (Å²) in [5.41, 5.74) is 4.29. The molecule has 2 aromatic heterocycles. The lowest BCUT2D eigenvalue weighted by molar-refractivity contribution is -0.137. The number of carbonyl (C=O) groups is 1. The molecule has 0 unspecified atom stereocenters. The molecule has 0 bridgehead atoms. The summed E-state index contributed by atoms with van der Waals surface area (Å²) >= 11 is 0. The minimum absolute atomic E-state index is 0.0445. The first-order chi connectivity index (χ1) is 16.8. The Kier molecular flexibility index (Phi) is 6.41. The number of H-pyrrole nitrogens is 1. The number of anilines is 1. The van der Waals surface area contributed by atoms with Crippen LogP contribution in [0.1, 0.15) is 24.0 Å². The molecule has 2 fully saturated rings. The molecule has 2 aliphatic heterocycles. The zero-order valence-electron chi connectivity index (χ0n) is 20.1. The van der Waals surface area contributed by atoms with Crippen LogP contribution < -0.4 is 4.90 Å². The van der Waals surface area contributed by atoms with Crippen molar-refractivity contribution >= 4 is 21.6 Å². The molecule has 2 saturated heterocycles. The van der Waals surface area contributed by atoms with Gasteiger partial charge in [0.15, 0.2) is 5.76 Å². The monoisotopic (exact) mass is 497 g/mol. The van der Waals surface area contributed by atoms with E-state index in [0.29, 0.717) is 43.9 Å². The molecule has 9 nitrogen and oxygen atoms in total. The quantitative estimate of drug-likeness (QED) is 0.581. The van der Waals surface area contributed by atoms with Crippen molar-refractivity contribution in [1.29, 1.82) is 0 Å². The van der Waals surface area contributed by atoms with Crippen LogP contribution in [0, 0.1) is 19.8 Å². The number of furan rings is 1. The second kappa shape index (κ2) is 9.50. The van der Waals surface area contributed by atoms with Gasteiger partial charge in [0.05, 0.1) is 5.92 Å². The summed E-state index contributed by atoms with van der Waals surface area (Å²) in [6, 6.07) is 11.2. The molecule has 1 atom stereocenters. The van der Waals surface area contributed by atoms with E-state index in [4.69, 9.17) is 4.42 Å². The molecule has 0 spiro atoms. The lowest BCUT2D eigenvalue weighted by Gasteiger charge is -2.39. The summed E-state index contributed by atoms with van der Waals surface area (Å²) < 4.78 is 33.5. The fourth-order valence-corrected chi connectivity index (χ4v) is 6.41. The number of carbonyl (C=O) groups excluding carboxylic acids is 1. The van der Waals surface area contributed by atoms with E-state index in [1.54, 1.807) is 18.3 Å². The second-order valence-electron chi connectivity index (χ2n) is 9.39. The molecular formula is C25H31N5O4S. The van der Waals surface area contributed by atoms with Crippen molar-refractivity contribution in [3.8, 4) is 11.5 Å². The van der Waals surface area contributed by atoms with Gasteiger partial charge in [0.1, 0.15) is 5.69 Å². The number of piperidine rings is 1. The van der Waals surface area contributed by atoms with Crippen LogP contribution in [0.3, 0.4) is 0 Å². The molecule has 35 heavy (non-hydrogen) atoms. The summed E-state index contributed by atoms with van der Waals surface area (Å²) in [5.74, 6) is 0.114. The third-order valence-electron chi connectivity index (χ3n) is 6.97. The van der Waals surface area contributed by atoms with Gasteiger partial charge in [-0.15, -0.1) is 0 Å². The van der Waals surface area contributed by atoms with Crippen molar-refractivity contribution in [2.45, 2.75) is 31.8 Å². The van der Waals surface area contributed by atoms with Gasteiger partial charge in [-0.25, -0.2) is 8.42 Å². The Hall–Kier alpha value is -3.11. The number of hydrogen-bond acceptors (Lipinski definition) is 6. The van der Waals surface area contributed by atoms with Gasteiger partial charge in [0.25, 0.3) is 10.0 Å². The van der Waals surface area contributed by atoms with Crippen LogP contribution in [0.4, 0.5) is 5.69 Å².